The van der Waals surface area contributed by atoms with Crippen molar-refractivity contribution in [2.45, 2.75) is 58.4 Å². The molecule has 2 bridgehead atoms. The quantitative estimate of drug-likeness (QED) is 0.750. The third-order valence-corrected chi connectivity index (χ3v) is 9.25. The Morgan fingerprint density at radius 3 is 2.61 bits per heavy atom. The number of nitrogens with one attached hydrogen (secondary N) is 1. The van der Waals surface area contributed by atoms with Crippen molar-refractivity contribution in [3.8, 4) is 0 Å². The summed E-state index contributed by atoms with van der Waals surface area (Å²) in [4.78, 5) is 15.0. The molecule has 156 valence electrons. The molecular formula is C21H32N2O4S. The predicted molar refractivity (Wildman–Crippen MR) is 107 cm³/mol. The van der Waals surface area contributed by atoms with Crippen molar-refractivity contribution in [1.82, 2.24) is 9.62 Å². The van der Waals surface area contributed by atoms with Gasteiger partial charge in [-0.3, -0.25) is 9.69 Å². The van der Waals surface area contributed by atoms with Crippen molar-refractivity contribution in [1.29, 1.82) is 0 Å². The lowest BCUT2D eigenvalue weighted by atomic mass is 9.70. The largest absolute Gasteiger partial charge is 0.468 e. The van der Waals surface area contributed by atoms with Crippen molar-refractivity contribution in [3.05, 3.63) is 24.2 Å². The van der Waals surface area contributed by atoms with E-state index < -0.39 is 15.4 Å². The molecule has 3 atom stereocenters. The minimum Gasteiger partial charge on any atom is -0.468 e. The Morgan fingerprint density at radius 2 is 2.04 bits per heavy atom. The van der Waals surface area contributed by atoms with Gasteiger partial charge in [-0.15, -0.1) is 0 Å². The molecule has 2 saturated carbocycles. The van der Waals surface area contributed by atoms with Crippen LogP contribution in [-0.4, -0.2) is 44.5 Å². The van der Waals surface area contributed by atoms with Gasteiger partial charge in [0.2, 0.25) is 10.0 Å². The lowest BCUT2D eigenvalue weighted by Gasteiger charge is -2.37. The lowest BCUT2D eigenvalue weighted by Crippen LogP contribution is -2.47. The summed E-state index contributed by atoms with van der Waals surface area (Å²) in [5.74, 6) is 1.16. The highest BCUT2D eigenvalue weighted by Gasteiger charge is 2.65. The summed E-state index contributed by atoms with van der Waals surface area (Å²) in [5.41, 5.74) is -0.971. The van der Waals surface area contributed by atoms with Gasteiger partial charge in [-0.1, -0.05) is 20.3 Å². The fraction of sp³-hybridized carbons (Fsp3) is 0.762. The lowest BCUT2D eigenvalue weighted by molar-refractivity contribution is -0.128. The molecule has 1 N–H and O–H groups in total. The Labute approximate surface area is 168 Å². The summed E-state index contributed by atoms with van der Waals surface area (Å²) in [5, 5.41) is 0. The summed E-state index contributed by atoms with van der Waals surface area (Å²) in [6, 6.07) is 3.65. The van der Waals surface area contributed by atoms with Crippen molar-refractivity contribution in [2.75, 3.05) is 25.4 Å². The van der Waals surface area contributed by atoms with Gasteiger partial charge in [-0.05, 0) is 62.2 Å². The van der Waals surface area contributed by atoms with E-state index in [9.17, 15) is 13.2 Å². The molecule has 6 nitrogen and oxygen atoms in total. The maximum atomic E-state index is 13.0. The van der Waals surface area contributed by atoms with Gasteiger partial charge in [0.25, 0.3) is 0 Å². The highest BCUT2D eigenvalue weighted by atomic mass is 32.2. The van der Waals surface area contributed by atoms with Crippen LogP contribution in [0.3, 0.4) is 0 Å². The molecule has 0 radical (unpaired) electrons. The number of hydrogen-bond acceptors (Lipinski definition) is 5. The first kappa shape index (κ1) is 20.1. The molecule has 1 aromatic heterocycles. The van der Waals surface area contributed by atoms with Crippen LogP contribution < -0.4 is 4.72 Å². The van der Waals surface area contributed by atoms with Crippen LogP contribution in [0.5, 0.6) is 0 Å². The predicted octanol–water partition coefficient (Wildman–Crippen LogP) is 3.12. The van der Waals surface area contributed by atoms with Crippen LogP contribution in [0.25, 0.3) is 0 Å². The van der Waals surface area contributed by atoms with Crippen LogP contribution in [0, 0.1) is 16.7 Å². The maximum absolute atomic E-state index is 13.0. The first-order chi connectivity index (χ1) is 13.3. The summed E-state index contributed by atoms with van der Waals surface area (Å²) in [6.45, 7) is 6.33. The number of rotatable bonds is 7. The number of piperidine rings is 1. The zero-order chi connectivity index (χ0) is 20.0. The average molecular weight is 409 g/mol. The van der Waals surface area contributed by atoms with Crippen molar-refractivity contribution in [3.63, 3.8) is 0 Å². The average Bonchev–Trinajstić information content (AvgIpc) is 3.29. The molecule has 3 unspecified atom stereocenters. The molecule has 0 spiro atoms. The normalized spacial score (nSPS) is 31.4. The van der Waals surface area contributed by atoms with Crippen LogP contribution in [-0.2, 0) is 14.8 Å². The van der Waals surface area contributed by atoms with Gasteiger partial charge in [0.1, 0.15) is 11.5 Å². The van der Waals surface area contributed by atoms with Crippen LogP contribution >= 0.6 is 0 Å². The minimum absolute atomic E-state index is 0.0901. The number of hydrogen-bond donors (Lipinski definition) is 1. The molecule has 1 saturated heterocycles. The van der Waals surface area contributed by atoms with E-state index in [2.05, 4.69) is 23.5 Å². The number of sulfonamides is 1. The number of nitrogens with zero attached hydrogens (tertiary/aromatic N) is 1. The number of Topliss-reactive ketones (excluding diaryl/α,β-unsaturated/α-hetero) is 1. The van der Waals surface area contributed by atoms with Gasteiger partial charge in [-0.2, -0.15) is 0 Å². The van der Waals surface area contributed by atoms with E-state index in [4.69, 9.17) is 4.42 Å². The van der Waals surface area contributed by atoms with Crippen LogP contribution in [0.4, 0.5) is 0 Å². The monoisotopic (exact) mass is 408 g/mol. The molecule has 3 fully saturated rings. The Balaban J connectivity index is 1.48. The smallest absolute Gasteiger partial charge is 0.212 e. The topological polar surface area (TPSA) is 79.6 Å². The standard InChI is InChI=1S/C21H32N2O4S/c1-20(2)16-8-9-21(20,19(24)13-16)15-28(25,26)22-14-17(18-7-6-12-27-18)23-10-4-3-5-11-23/h6-7,12,16-17,22H,3-5,8-11,13-15H2,1-2H3. The third-order valence-electron chi connectivity index (χ3n) is 7.78. The van der Waals surface area contributed by atoms with Crippen LogP contribution in [0.1, 0.15) is 64.2 Å². The number of fused-ring (bicyclic) bond motifs is 2. The Bertz CT molecular complexity index is 811. The number of carbonyl (C=O) groups is 1. The molecule has 1 aliphatic heterocycles. The summed E-state index contributed by atoms with van der Waals surface area (Å²) in [6.07, 6.45) is 7.28. The molecule has 3 aliphatic rings. The zero-order valence-electron chi connectivity index (χ0n) is 16.9. The van der Waals surface area contributed by atoms with Crippen molar-refractivity contribution < 1.29 is 17.6 Å². The van der Waals surface area contributed by atoms with E-state index in [0.717, 1.165) is 38.1 Å². The molecule has 28 heavy (non-hydrogen) atoms. The summed E-state index contributed by atoms with van der Waals surface area (Å²) >= 11 is 0. The van der Waals surface area contributed by atoms with E-state index in [-0.39, 0.29) is 29.5 Å². The Kier molecular flexibility index (Phi) is 5.21. The van der Waals surface area contributed by atoms with Crippen LogP contribution in [0.15, 0.2) is 22.8 Å². The summed E-state index contributed by atoms with van der Waals surface area (Å²) in [7, 11) is -3.58. The third kappa shape index (κ3) is 3.35. The summed E-state index contributed by atoms with van der Waals surface area (Å²) < 4.78 is 34.5. The molecule has 0 aromatic carbocycles. The zero-order valence-corrected chi connectivity index (χ0v) is 17.8. The molecule has 2 aliphatic carbocycles. The van der Waals surface area contributed by atoms with Gasteiger partial charge >= 0.3 is 0 Å². The minimum atomic E-state index is -3.58. The Morgan fingerprint density at radius 1 is 1.29 bits per heavy atom. The molecule has 0 amide bonds. The van der Waals surface area contributed by atoms with Gasteiger partial charge in [0.05, 0.1) is 18.1 Å². The van der Waals surface area contributed by atoms with Crippen molar-refractivity contribution in [2.24, 2.45) is 16.7 Å². The van der Waals surface area contributed by atoms with Crippen LogP contribution in [0.2, 0.25) is 0 Å². The second-order valence-electron chi connectivity index (χ2n) is 9.40. The number of likely N-dealkylation sites (tertiary alicyclic amines) is 1. The fourth-order valence-electron chi connectivity index (χ4n) is 5.81. The highest BCUT2D eigenvalue weighted by molar-refractivity contribution is 7.89. The fourth-order valence-corrected chi connectivity index (χ4v) is 7.65. The van der Waals surface area contributed by atoms with E-state index >= 15 is 0 Å². The second kappa shape index (κ2) is 7.26. The molecular weight excluding hydrogens is 376 g/mol. The van der Waals surface area contributed by atoms with E-state index in [1.807, 2.05) is 12.1 Å². The molecule has 2 heterocycles. The van der Waals surface area contributed by atoms with E-state index in [0.29, 0.717) is 18.8 Å². The van der Waals surface area contributed by atoms with E-state index in [1.165, 1.54) is 6.42 Å². The van der Waals surface area contributed by atoms with Gasteiger partial charge in [0, 0.05) is 18.4 Å². The molecule has 4 rings (SSSR count). The van der Waals surface area contributed by atoms with Gasteiger partial charge in [-0.25, -0.2) is 13.1 Å². The van der Waals surface area contributed by atoms with E-state index in [1.54, 1.807) is 6.26 Å². The number of ketones is 1. The first-order valence-corrected chi connectivity index (χ1v) is 12.2. The first-order valence-electron chi connectivity index (χ1n) is 10.5. The maximum Gasteiger partial charge on any atom is 0.212 e. The second-order valence-corrected chi connectivity index (χ2v) is 11.2. The number of carbonyl (C=O) groups excluding carboxylic acids is 1. The van der Waals surface area contributed by atoms with Gasteiger partial charge in [0.15, 0.2) is 0 Å². The SMILES string of the molecule is CC1(C)C2CCC1(CS(=O)(=O)NCC(c1ccco1)N1CCCCC1)C(=O)C2. The highest BCUT2D eigenvalue weighted by Crippen LogP contribution is 2.64. The number of furan rings is 1. The molecule has 7 heteroatoms. The van der Waals surface area contributed by atoms with Crippen molar-refractivity contribution >= 4 is 15.8 Å². The van der Waals surface area contributed by atoms with Gasteiger partial charge < -0.3 is 4.42 Å². The molecule has 1 aromatic rings. The Hall–Kier alpha value is -1.18.